The van der Waals surface area contributed by atoms with Gasteiger partial charge in [0.25, 0.3) is 0 Å². The smallest absolute Gasteiger partial charge is 0.236 e. The molecule has 0 radical (unpaired) electrons. The number of nitrogens with one attached hydrogen (secondary N) is 1. The van der Waals surface area contributed by atoms with Crippen molar-refractivity contribution < 1.29 is 13.6 Å². The number of nitrogens with two attached hydrogens (primary N) is 1. The molecule has 0 saturated carbocycles. The molecule has 0 aromatic heterocycles. The van der Waals surface area contributed by atoms with Crippen LogP contribution in [-0.4, -0.2) is 10.9 Å². The van der Waals surface area contributed by atoms with Gasteiger partial charge in [-0.05, 0) is 32.4 Å². The highest BCUT2D eigenvalue weighted by Gasteiger charge is 2.31. The summed E-state index contributed by atoms with van der Waals surface area (Å²) in [5.41, 5.74) is 4.22. The number of carbonyl (C=O) groups is 1. The fraction of sp³-hybridized carbons (Fsp3) is 0.333. The van der Waals surface area contributed by atoms with Crippen LogP contribution < -0.4 is 11.1 Å². The third-order valence-corrected chi connectivity index (χ3v) is 3.19. The highest BCUT2D eigenvalue weighted by Crippen LogP contribution is 2.23. The molecule has 0 heterocycles. The van der Waals surface area contributed by atoms with Crippen LogP contribution >= 0.6 is 12.2 Å². The molecule has 6 heteroatoms. The molecule has 0 spiro atoms. The summed E-state index contributed by atoms with van der Waals surface area (Å²) in [6.45, 7) is 4.45. The summed E-state index contributed by atoms with van der Waals surface area (Å²) in [6.07, 6.45) is 0. The molecule has 1 rings (SSSR count). The van der Waals surface area contributed by atoms with Crippen molar-refractivity contribution in [2.45, 2.75) is 20.8 Å². The summed E-state index contributed by atoms with van der Waals surface area (Å²) in [4.78, 5) is 11.8. The van der Waals surface area contributed by atoms with Gasteiger partial charge in [-0.2, -0.15) is 0 Å². The molecule has 1 amide bonds. The Morgan fingerprint density at radius 2 is 1.89 bits per heavy atom. The predicted octanol–water partition coefficient (Wildman–Crippen LogP) is 2.52. The SMILES string of the molecule is Cc1cc(F)c(NC(=O)C(C)(C)C(N)=S)cc1F. The van der Waals surface area contributed by atoms with E-state index in [-0.39, 0.29) is 16.2 Å². The number of anilines is 1. The van der Waals surface area contributed by atoms with E-state index in [1.165, 1.54) is 20.8 Å². The van der Waals surface area contributed by atoms with Crippen LogP contribution in [0.4, 0.5) is 14.5 Å². The second-order valence-corrected chi connectivity index (χ2v) is 4.96. The van der Waals surface area contributed by atoms with E-state index >= 15 is 0 Å². The molecular formula is C12H14F2N2OS. The fourth-order valence-corrected chi connectivity index (χ4v) is 1.23. The Morgan fingerprint density at radius 1 is 1.33 bits per heavy atom. The van der Waals surface area contributed by atoms with Crippen LogP contribution in [0, 0.1) is 24.0 Å². The molecule has 0 fully saturated rings. The van der Waals surface area contributed by atoms with Crippen molar-refractivity contribution in [1.29, 1.82) is 0 Å². The van der Waals surface area contributed by atoms with Crippen molar-refractivity contribution in [1.82, 2.24) is 0 Å². The predicted molar refractivity (Wildman–Crippen MR) is 70.3 cm³/mol. The maximum atomic E-state index is 13.5. The van der Waals surface area contributed by atoms with Gasteiger partial charge < -0.3 is 11.1 Å². The van der Waals surface area contributed by atoms with Crippen molar-refractivity contribution in [3.8, 4) is 0 Å². The number of hydrogen-bond donors (Lipinski definition) is 2. The summed E-state index contributed by atoms with van der Waals surface area (Å²) in [6, 6.07) is 1.94. The van der Waals surface area contributed by atoms with Crippen LogP contribution in [0.1, 0.15) is 19.4 Å². The summed E-state index contributed by atoms with van der Waals surface area (Å²) < 4.78 is 26.8. The van der Waals surface area contributed by atoms with Crippen molar-refractivity contribution in [3.05, 3.63) is 29.3 Å². The van der Waals surface area contributed by atoms with Gasteiger partial charge in [0.15, 0.2) is 0 Å². The van der Waals surface area contributed by atoms with Gasteiger partial charge >= 0.3 is 0 Å². The summed E-state index contributed by atoms with van der Waals surface area (Å²) in [5.74, 6) is -1.89. The number of aryl methyl sites for hydroxylation is 1. The lowest BCUT2D eigenvalue weighted by atomic mass is 9.92. The lowest BCUT2D eigenvalue weighted by Crippen LogP contribution is -2.41. The number of benzene rings is 1. The molecule has 98 valence electrons. The zero-order valence-corrected chi connectivity index (χ0v) is 11.1. The molecule has 0 atom stereocenters. The number of hydrogen-bond acceptors (Lipinski definition) is 2. The molecule has 0 aliphatic carbocycles. The minimum Gasteiger partial charge on any atom is -0.392 e. The Hall–Kier alpha value is -1.56. The fourth-order valence-electron chi connectivity index (χ4n) is 1.13. The maximum Gasteiger partial charge on any atom is 0.236 e. The highest BCUT2D eigenvalue weighted by atomic mass is 32.1. The Morgan fingerprint density at radius 3 is 2.39 bits per heavy atom. The first kappa shape index (κ1) is 14.5. The third-order valence-electron chi connectivity index (χ3n) is 2.68. The molecule has 0 bridgehead atoms. The van der Waals surface area contributed by atoms with Gasteiger partial charge in [-0.3, -0.25) is 4.79 Å². The second-order valence-electron chi connectivity index (χ2n) is 4.52. The minimum absolute atomic E-state index is 0.0204. The first-order chi connectivity index (χ1) is 8.16. The standard InChI is InChI=1S/C12H14F2N2OS/c1-6-4-8(14)9(5-7(6)13)16-11(17)12(2,3)10(15)18/h4-5H,1-3H3,(H2,15,18)(H,16,17). The lowest BCUT2D eigenvalue weighted by molar-refractivity contribution is -0.121. The van der Waals surface area contributed by atoms with E-state index < -0.39 is 23.0 Å². The zero-order valence-electron chi connectivity index (χ0n) is 10.3. The van der Waals surface area contributed by atoms with Crippen molar-refractivity contribution >= 4 is 28.8 Å². The average Bonchev–Trinajstić information content (AvgIpc) is 2.25. The number of rotatable bonds is 3. The zero-order chi connectivity index (χ0) is 14.1. The van der Waals surface area contributed by atoms with Crippen LogP contribution in [0.15, 0.2) is 12.1 Å². The molecule has 0 saturated heterocycles. The number of amides is 1. The molecule has 0 aliphatic heterocycles. The maximum absolute atomic E-state index is 13.5. The van der Waals surface area contributed by atoms with Crippen LogP contribution in [0.5, 0.6) is 0 Å². The Bertz CT molecular complexity index is 515. The Labute approximate surface area is 109 Å². The molecule has 1 aromatic rings. The van der Waals surface area contributed by atoms with Crippen LogP contribution in [-0.2, 0) is 4.79 Å². The van der Waals surface area contributed by atoms with E-state index in [0.29, 0.717) is 0 Å². The molecule has 18 heavy (non-hydrogen) atoms. The lowest BCUT2D eigenvalue weighted by Gasteiger charge is -2.22. The number of halogens is 2. The molecule has 3 nitrogen and oxygen atoms in total. The van der Waals surface area contributed by atoms with E-state index in [2.05, 4.69) is 5.32 Å². The van der Waals surface area contributed by atoms with E-state index in [1.807, 2.05) is 0 Å². The summed E-state index contributed by atoms with van der Waals surface area (Å²) in [5, 5.41) is 2.28. The third kappa shape index (κ3) is 2.81. The van der Waals surface area contributed by atoms with Crippen LogP contribution in [0.25, 0.3) is 0 Å². The Kier molecular flexibility index (Phi) is 4.01. The van der Waals surface area contributed by atoms with E-state index in [4.69, 9.17) is 18.0 Å². The van der Waals surface area contributed by atoms with Gasteiger partial charge in [0, 0.05) is 6.07 Å². The van der Waals surface area contributed by atoms with Gasteiger partial charge in [0.05, 0.1) is 16.1 Å². The first-order valence-corrected chi connectivity index (χ1v) is 5.64. The molecule has 0 aliphatic rings. The normalized spacial score (nSPS) is 11.2. The van der Waals surface area contributed by atoms with Crippen molar-refractivity contribution in [3.63, 3.8) is 0 Å². The molecular weight excluding hydrogens is 258 g/mol. The van der Waals surface area contributed by atoms with Gasteiger partial charge in [-0.25, -0.2) is 8.78 Å². The van der Waals surface area contributed by atoms with Crippen molar-refractivity contribution in [2.75, 3.05) is 5.32 Å². The first-order valence-electron chi connectivity index (χ1n) is 5.23. The van der Waals surface area contributed by atoms with Crippen molar-refractivity contribution in [2.24, 2.45) is 11.1 Å². The van der Waals surface area contributed by atoms with E-state index in [0.717, 1.165) is 12.1 Å². The van der Waals surface area contributed by atoms with E-state index in [9.17, 15) is 13.6 Å². The van der Waals surface area contributed by atoms with Crippen LogP contribution in [0.2, 0.25) is 0 Å². The summed E-state index contributed by atoms with van der Waals surface area (Å²) in [7, 11) is 0. The molecule has 0 unspecified atom stereocenters. The van der Waals surface area contributed by atoms with Gasteiger partial charge in [0.2, 0.25) is 5.91 Å². The van der Waals surface area contributed by atoms with Gasteiger partial charge in [-0.1, -0.05) is 12.2 Å². The van der Waals surface area contributed by atoms with Crippen LogP contribution in [0.3, 0.4) is 0 Å². The second kappa shape index (κ2) is 4.97. The van der Waals surface area contributed by atoms with Gasteiger partial charge in [-0.15, -0.1) is 0 Å². The van der Waals surface area contributed by atoms with Gasteiger partial charge in [0.1, 0.15) is 11.6 Å². The average molecular weight is 272 g/mol. The topological polar surface area (TPSA) is 55.1 Å². The monoisotopic (exact) mass is 272 g/mol. The largest absolute Gasteiger partial charge is 0.392 e. The molecule has 1 aromatic carbocycles. The number of thiocarbonyl (C=S) groups is 1. The highest BCUT2D eigenvalue weighted by molar-refractivity contribution is 7.80. The molecule has 3 N–H and O–H groups in total. The van der Waals surface area contributed by atoms with E-state index in [1.54, 1.807) is 0 Å². The number of carbonyl (C=O) groups excluding carboxylic acids is 1. The summed E-state index contributed by atoms with van der Waals surface area (Å²) >= 11 is 4.75. The minimum atomic E-state index is -1.14. The quantitative estimate of drug-likeness (QED) is 0.831. The Balaban J connectivity index is 3.03.